The molecule has 0 aliphatic rings. The summed E-state index contributed by atoms with van der Waals surface area (Å²) in [6.45, 7) is 0. The van der Waals surface area contributed by atoms with E-state index in [0.29, 0.717) is 10.2 Å². The Morgan fingerprint density at radius 2 is 2.46 bits per heavy atom. The number of hydrogen-bond acceptors (Lipinski definition) is 4. The number of aromatic nitrogens is 1. The second kappa shape index (κ2) is 3.96. The van der Waals surface area contributed by atoms with Gasteiger partial charge in [0.1, 0.15) is 4.47 Å². The fourth-order valence-corrected chi connectivity index (χ4v) is 1.15. The lowest BCUT2D eigenvalue weighted by Gasteiger charge is -1.96. The molecular formula is C7H4BrN3O2. The van der Waals surface area contributed by atoms with Gasteiger partial charge in [0, 0.05) is 12.3 Å². The highest BCUT2D eigenvalue weighted by molar-refractivity contribution is 9.10. The number of nitro groups is 1. The highest BCUT2D eigenvalue weighted by Gasteiger charge is 2.12. The molecule has 0 atom stereocenters. The summed E-state index contributed by atoms with van der Waals surface area (Å²) in [5, 5.41) is 18.8. The summed E-state index contributed by atoms with van der Waals surface area (Å²) in [5.41, 5.74) is 0.331. The second-order valence-electron chi connectivity index (χ2n) is 2.22. The maximum absolute atomic E-state index is 10.4. The van der Waals surface area contributed by atoms with Crippen molar-refractivity contribution in [3.8, 4) is 6.07 Å². The lowest BCUT2D eigenvalue weighted by Crippen LogP contribution is -1.94. The van der Waals surface area contributed by atoms with Gasteiger partial charge in [-0.1, -0.05) is 0 Å². The lowest BCUT2D eigenvalue weighted by atomic mass is 10.3. The van der Waals surface area contributed by atoms with Crippen LogP contribution in [0.1, 0.15) is 5.69 Å². The minimum atomic E-state index is -0.521. The van der Waals surface area contributed by atoms with E-state index in [4.69, 9.17) is 5.26 Å². The molecule has 66 valence electrons. The normalized spacial score (nSPS) is 9.23. The minimum Gasteiger partial charge on any atom is -0.259 e. The molecule has 0 fully saturated rings. The molecule has 6 heteroatoms. The van der Waals surface area contributed by atoms with Gasteiger partial charge < -0.3 is 0 Å². The van der Waals surface area contributed by atoms with Crippen molar-refractivity contribution in [2.75, 3.05) is 0 Å². The van der Waals surface area contributed by atoms with E-state index >= 15 is 0 Å². The van der Waals surface area contributed by atoms with Gasteiger partial charge in [-0.15, -0.1) is 0 Å². The Labute approximate surface area is 82.3 Å². The van der Waals surface area contributed by atoms with E-state index in [-0.39, 0.29) is 12.1 Å². The Morgan fingerprint density at radius 3 is 3.00 bits per heavy atom. The zero-order valence-corrected chi connectivity index (χ0v) is 7.98. The molecule has 13 heavy (non-hydrogen) atoms. The van der Waals surface area contributed by atoms with Crippen molar-refractivity contribution in [3.05, 3.63) is 32.5 Å². The van der Waals surface area contributed by atoms with E-state index in [1.807, 2.05) is 6.07 Å². The summed E-state index contributed by atoms with van der Waals surface area (Å²) in [6, 6.07) is 3.15. The van der Waals surface area contributed by atoms with Crippen molar-refractivity contribution in [1.29, 1.82) is 5.26 Å². The van der Waals surface area contributed by atoms with E-state index < -0.39 is 4.92 Å². The van der Waals surface area contributed by atoms with Crippen LogP contribution in [0, 0.1) is 21.4 Å². The first-order chi connectivity index (χ1) is 6.15. The second-order valence-corrected chi connectivity index (χ2v) is 3.07. The van der Waals surface area contributed by atoms with E-state index in [9.17, 15) is 10.1 Å². The SMILES string of the molecule is N#CCc1cc([N+](=O)[O-])c(Br)cn1. The number of nitriles is 1. The molecule has 1 rings (SSSR count). The first-order valence-electron chi connectivity index (χ1n) is 3.31. The van der Waals surface area contributed by atoms with Gasteiger partial charge in [0.05, 0.1) is 23.1 Å². The third-order valence-electron chi connectivity index (χ3n) is 1.35. The molecule has 0 saturated heterocycles. The molecule has 0 spiro atoms. The van der Waals surface area contributed by atoms with Crippen molar-refractivity contribution >= 4 is 21.6 Å². The maximum Gasteiger partial charge on any atom is 0.286 e. The lowest BCUT2D eigenvalue weighted by molar-refractivity contribution is -0.385. The van der Waals surface area contributed by atoms with Gasteiger partial charge in [0.25, 0.3) is 5.69 Å². The highest BCUT2D eigenvalue weighted by Crippen LogP contribution is 2.23. The Hall–Kier alpha value is -1.48. The molecule has 0 aromatic carbocycles. The largest absolute Gasteiger partial charge is 0.286 e. The molecule has 1 aromatic rings. The maximum atomic E-state index is 10.4. The Balaban J connectivity index is 3.13. The van der Waals surface area contributed by atoms with Crippen LogP contribution in [0.25, 0.3) is 0 Å². The van der Waals surface area contributed by atoms with E-state index in [1.54, 1.807) is 0 Å². The van der Waals surface area contributed by atoms with Crippen LogP contribution in [0.4, 0.5) is 5.69 Å². The van der Waals surface area contributed by atoms with Crippen LogP contribution in [0.15, 0.2) is 16.7 Å². The fourth-order valence-electron chi connectivity index (χ4n) is 0.787. The van der Waals surface area contributed by atoms with Crippen molar-refractivity contribution in [3.63, 3.8) is 0 Å². The van der Waals surface area contributed by atoms with Crippen molar-refractivity contribution in [1.82, 2.24) is 4.98 Å². The smallest absolute Gasteiger partial charge is 0.259 e. The van der Waals surface area contributed by atoms with Gasteiger partial charge in [0.2, 0.25) is 0 Å². The van der Waals surface area contributed by atoms with Gasteiger partial charge in [-0.05, 0) is 15.9 Å². The molecule has 0 radical (unpaired) electrons. The quantitative estimate of drug-likeness (QED) is 0.585. The predicted molar refractivity (Wildman–Crippen MR) is 47.9 cm³/mol. The third-order valence-corrected chi connectivity index (χ3v) is 1.96. The van der Waals surface area contributed by atoms with Crippen LogP contribution in [-0.2, 0) is 6.42 Å². The van der Waals surface area contributed by atoms with Crippen molar-refractivity contribution < 1.29 is 4.92 Å². The first kappa shape index (κ1) is 9.61. The molecule has 5 nitrogen and oxygen atoms in total. The predicted octanol–water partition coefficient (Wildman–Crippen LogP) is 1.82. The molecular weight excluding hydrogens is 238 g/mol. The molecule has 1 aromatic heterocycles. The molecule has 0 amide bonds. The van der Waals surface area contributed by atoms with Crippen LogP contribution < -0.4 is 0 Å². The molecule has 0 bridgehead atoms. The molecule has 1 heterocycles. The summed E-state index contributed by atoms with van der Waals surface area (Å²) < 4.78 is 0.319. The number of pyridine rings is 1. The summed E-state index contributed by atoms with van der Waals surface area (Å²) in [7, 11) is 0. The van der Waals surface area contributed by atoms with Gasteiger partial charge in [-0.2, -0.15) is 5.26 Å². The Bertz CT molecular complexity index is 386. The molecule has 0 aliphatic carbocycles. The van der Waals surface area contributed by atoms with Crippen LogP contribution >= 0.6 is 15.9 Å². The van der Waals surface area contributed by atoms with Gasteiger partial charge >= 0.3 is 0 Å². The Morgan fingerprint density at radius 1 is 1.77 bits per heavy atom. The van der Waals surface area contributed by atoms with Crippen LogP contribution in [0.5, 0.6) is 0 Å². The summed E-state index contributed by atoms with van der Waals surface area (Å²) >= 11 is 3.00. The average Bonchev–Trinajstić information content (AvgIpc) is 2.08. The first-order valence-corrected chi connectivity index (χ1v) is 4.10. The monoisotopic (exact) mass is 241 g/mol. The molecule has 0 unspecified atom stereocenters. The number of rotatable bonds is 2. The minimum absolute atomic E-state index is 0.0692. The van der Waals surface area contributed by atoms with Crippen molar-refractivity contribution in [2.24, 2.45) is 0 Å². The van der Waals surface area contributed by atoms with E-state index in [2.05, 4.69) is 20.9 Å². The standard InChI is InChI=1S/C7H4BrN3O2/c8-6-4-10-5(1-2-9)3-7(6)11(12)13/h3-4H,1H2. The van der Waals surface area contributed by atoms with Gasteiger partial charge in [-0.25, -0.2) is 0 Å². The third kappa shape index (κ3) is 2.23. The fraction of sp³-hybridized carbons (Fsp3) is 0.143. The summed E-state index contributed by atoms with van der Waals surface area (Å²) in [5.74, 6) is 0. The van der Waals surface area contributed by atoms with E-state index in [1.165, 1.54) is 12.3 Å². The van der Waals surface area contributed by atoms with Crippen LogP contribution in [0.2, 0.25) is 0 Å². The summed E-state index contributed by atoms with van der Waals surface area (Å²) in [4.78, 5) is 13.8. The topological polar surface area (TPSA) is 79.8 Å². The van der Waals surface area contributed by atoms with Gasteiger partial charge in [0.15, 0.2) is 0 Å². The Kier molecular flexibility index (Phi) is 2.93. The number of hydrogen-bond donors (Lipinski definition) is 0. The zero-order chi connectivity index (χ0) is 9.84. The summed E-state index contributed by atoms with van der Waals surface area (Å²) in [6.07, 6.45) is 1.40. The molecule has 0 aliphatic heterocycles. The van der Waals surface area contributed by atoms with Crippen LogP contribution in [-0.4, -0.2) is 9.91 Å². The van der Waals surface area contributed by atoms with Gasteiger partial charge in [-0.3, -0.25) is 15.1 Å². The van der Waals surface area contributed by atoms with Crippen molar-refractivity contribution in [2.45, 2.75) is 6.42 Å². The average molecular weight is 242 g/mol. The molecule has 0 saturated carbocycles. The number of halogens is 1. The van der Waals surface area contributed by atoms with E-state index in [0.717, 1.165) is 0 Å². The number of nitrogens with zero attached hydrogens (tertiary/aromatic N) is 3. The zero-order valence-electron chi connectivity index (χ0n) is 6.40. The van der Waals surface area contributed by atoms with Crippen LogP contribution in [0.3, 0.4) is 0 Å². The highest BCUT2D eigenvalue weighted by atomic mass is 79.9. The molecule has 0 N–H and O–H groups in total.